The number of aliphatic carboxylic acids is 1. The summed E-state index contributed by atoms with van der Waals surface area (Å²) >= 11 is 0. The van der Waals surface area contributed by atoms with E-state index >= 15 is 0 Å². The van der Waals surface area contributed by atoms with Gasteiger partial charge >= 0.3 is 5.97 Å². The number of nitrogens with one attached hydrogen (secondary N) is 3. The van der Waals surface area contributed by atoms with E-state index in [1.807, 2.05) is 44.2 Å². The first-order chi connectivity index (χ1) is 21.0. The maximum atomic E-state index is 13.4. The minimum Gasteiger partial charge on any atom is -0.481 e. The first-order valence-electron chi connectivity index (χ1n) is 16.5. The van der Waals surface area contributed by atoms with Crippen LogP contribution in [-0.2, 0) is 30.4 Å². The summed E-state index contributed by atoms with van der Waals surface area (Å²) in [6.45, 7) is 6.02. The third-order valence-electron chi connectivity index (χ3n) is 7.59. The van der Waals surface area contributed by atoms with Gasteiger partial charge in [-0.25, -0.2) is 0 Å². The molecule has 10 nitrogen and oxygen atoms in total. The van der Waals surface area contributed by atoms with Crippen LogP contribution in [0.4, 0.5) is 0 Å². The molecule has 3 atom stereocenters. The Balaban J connectivity index is 2.76. The average molecular weight is 617 g/mol. The molecule has 0 aliphatic carbocycles. The fraction of sp³-hybridized carbons (Fsp3) is 0.676. The van der Waals surface area contributed by atoms with Crippen LogP contribution in [0.1, 0.15) is 123 Å². The maximum absolute atomic E-state index is 13.4. The van der Waals surface area contributed by atoms with E-state index in [1.165, 1.54) is 44.9 Å². The zero-order valence-corrected chi connectivity index (χ0v) is 27.1. The first-order valence-corrected chi connectivity index (χ1v) is 16.5. The fourth-order valence-electron chi connectivity index (χ4n) is 5.07. The van der Waals surface area contributed by atoms with Gasteiger partial charge in [-0.1, -0.05) is 115 Å². The Kier molecular flexibility index (Phi) is 20.2. The van der Waals surface area contributed by atoms with Gasteiger partial charge in [0.2, 0.25) is 23.6 Å². The van der Waals surface area contributed by atoms with E-state index in [4.69, 9.17) is 5.73 Å². The standard InChI is InChI=1S/C34H56N4O6/c1-4-5-6-7-8-9-10-11-12-13-17-20-30(39)36-27(21-22-31(40)41)33(43)38-29(24-26-18-15-14-16-19-26)34(44)37-28(32(35)42)23-25(2)3/h14-16,18-19,25,27-29H,4-13,17,20-24H2,1-3H3,(H2,35,42)(H,36,39)(H,37,44)(H,38,43)(H,40,41)/t27-,28-,29+/m0/s1. The van der Waals surface area contributed by atoms with Gasteiger partial charge in [-0.05, 0) is 30.7 Å². The summed E-state index contributed by atoms with van der Waals surface area (Å²) in [6.07, 6.45) is 12.9. The van der Waals surface area contributed by atoms with Crippen molar-refractivity contribution in [1.82, 2.24) is 16.0 Å². The second kappa shape index (κ2) is 23.0. The molecule has 1 aromatic carbocycles. The maximum Gasteiger partial charge on any atom is 0.303 e. The minimum atomic E-state index is -1.13. The molecule has 248 valence electrons. The van der Waals surface area contributed by atoms with Crippen LogP contribution in [0.5, 0.6) is 0 Å². The summed E-state index contributed by atoms with van der Waals surface area (Å²) in [6, 6.07) is 5.95. The number of carboxylic acid groups (broad SMARTS) is 1. The molecular weight excluding hydrogens is 560 g/mol. The van der Waals surface area contributed by atoms with Gasteiger partial charge in [0.1, 0.15) is 18.1 Å². The number of benzene rings is 1. The number of amides is 4. The lowest BCUT2D eigenvalue weighted by Gasteiger charge is -2.25. The molecule has 0 saturated heterocycles. The van der Waals surface area contributed by atoms with E-state index < -0.39 is 41.8 Å². The van der Waals surface area contributed by atoms with Crippen LogP contribution in [0.3, 0.4) is 0 Å². The van der Waals surface area contributed by atoms with Crippen molar-refractivity contribution < 1.29 is 29.1 Å². The van der Waals surface area contributed by atoms with Gasteiger partial charge in [0.15, 0.2) is 0 Å². The molecule has 0 aliphatic heterocycles. The van der Waals surface area contributed by atoms with E-state index in [0.717, 1.165) is 24.8 Å². The van der Waals surface area contributed by atoms with Crippen LogP contribution in [-0.4, -0.2) is 52.8 Å². The minimum absolute atomic E-state index is 0.0888. The van der Waals surface area contributed by atoms with Crippen LogP contribution in [0.15, 0.2) is 30.3 Å². The second-order valence-electron chi connectivity index (χ2n) is 12.2. The molecule has 0 unspecified atom stereocenters. The van der Waals surface area contributed by atoms with E-state index in [1.54, 1.807) is 0 Å². The van der Waals surface area contributed by atoms with Crippen molar-refractivity contribution in [1.29, 1.82) is 0 Å². The lowest BCUT2D eigenvalue weighted by atomic mass is 10.0. The summed E-state index contributed by atoms with van der Waals surface area (Å²) < 4.78 is 0. The van der Waals surface area contributed by atoms with E-state index in [9.17, 15) is 29.1 Å². The van der Waals surface area contributed by atoms with E-state index in [-0.39, 0.29) is 37.5 Å². The molecule has 0 aromatic heterocycles. The summed E-state index contributed by atoms with van der Waals surface area (Å²) in [7, 11) is 0. The number of nitrogens with two attached hydrogens (primary N) is 1. The average Bonchev–Trinajstić information content (AvgIpc) is 2.97. The van der Waals surface area contributed by atoms with Crippen molar-refractivity contribution in [2.24, 2.45) is 11.7 Å². The lowest BCUT2D eigenvalue weighted by molar-refractivity contribution is -0.138. The smallest absolute Gasteiger partial charge is 0.303 e. The van der Waals surface area contributed by atoms with Gasteiger partial charge in [0.05, 0.1) is 0 Å². The molecule has 4 amide bonds. The van der Waals surface area contributed by atoms with E-state index in [0.29, 0.717) is 12.8 Å². The van der Waals surface area contributed by atoms with Crippen molar-refractivity contribution in [2.45, 2.75) is 142 Å². The highest BCUT2D eigenvalue weighted by Gasteiger charge is 2.30. The van der Waals surface area contributed by atoms with Crippen molar-refractivity contribution in [3.63, 3.8) is 0 Å². The molecule has 6 N–H and O–H groups in total. The predicted octanol–water partition coefficient (Wildman–Crippen LogP) is 4.78. The van der Waals surface area contributed by atoms with Crippen LogP contribution in [0.2, 0.25) is 0 Å². The Bertz CT molecular complexity index is 1000. The number of carbonyl (C=O) groups excluding carboxylic acids is 4. The lowest BCUT2D eigenvalue weighted by Crippen LogP contribution is -2.57. The van der Waals surface area contributed by atoms with Crippen molar-refractivity contribution in [3.05, 3.63) is 35.9 Å². The van der Waals surface area contributed by atoms with Crippen LogP contribution < -0.4 is 21.7 Å². The second-order valence-corrected chi connectivity index (χ2v) is 12.2. The van der Waals surface area contributed by atoms with Gasteiger partial charge in [0.25, 0.3) is 0 Å². The van der Waals surface area contributed by atoms with Crippen LogP contribution in [0.25, 0.3) is 0 Å². The van der Waals surface area contributed by atoms with Gasteiger partial charge in [0, 0.05) is 19.3 Å². The number of hydrogen-bond acceptors (Lipinski definition) is 5. The number of unbranched alkanes of at least 4 members (excludes halogenated alkanes) is 10. The largest absolute Gasteiger partial charge is 0.481 e. The van der Waals surface area contributed by atoms with Gasteiger partial charge < -0.3 is 26.8 Å². The van der Waals surface area contributed by atoms with Gasteiger partial charge in [-0.3, -0.25) is 24.0 Å². The van der Waals surface area contributed by atoms with Crippen molar-refractivity contribution in [3.8, 4) is 0 Å². The monoisotopic (exact) mass is 616 g/mol. The Morgan fingerprint density at radius 3 is 1.75 bits per heavy atom. The molecule has 1 rings (SSSR count). The fourth-order valence-corrected chi connectivity index (χ4v) is 5.07. The van der Waals surface area contributed by atoms with E-state index in [2.05, 4.69) is 22.9 Å². The van der Waals surface area contributed by atoms with Gasteiger partial charge in [-0.15, -0.1) is 0 Å². The molecule has 10 heteroatoms. The molecular formula is C34H56N4O6. The number of rotatable bonds is 25. The van der Waals surface area contributed by atoms with Crippen LogP contribution >= 0.6 is 0 Å². The highest BCUT2D eigenvalue weighted by Crippen LogP contribution is 2.13. The molecule has 0 spiro atoms. The molecule has 0 saturated carbocycles. The van der Waals surface area contributed by atoms with Gasteiger partial charge in [-0.2, -0.15) is 0 Å². The normalized spacial score (nSPS) is 13.1. The number of hydrogen-bond donors (Lipinski definition) is 5. The summed E-state index contributed by atoms with van der Waals surface area (Å²) in [4.78, 5) is 62.7. The zero-order valence-electron chi connectivity index (χ0n) is 27.1. The molecule has 0 heterocycles. The molecule has 44 heavy (non-hydrogen) atoms. The SMILES string of the molecule is CCCCCCCCCCCCCC(=O)N[C@@H](CCC(=O)O)C(=O)N[C@H](Cc1ccccc1)C(=O)N[C@@H](CC(C)C)C(N)=O. The molecule has 1 aromatic rings. The summed E-state index contributed by atoms with van der Waals surface area (Å²) in [5.41, 5.74) is 6.29. The topological polar surface area (TPSA) is 168 Å². The number of carboxylic acids is 1. The highest BCUT2D eigenvalue weighted by atomic mass is 16.4. The van der Waals surface area contributed by atoms with Crippen molar-refractivity contribution in [2.75, 3.05) is 0 Å². The third-order valence-corrected chi connectivity index (χ3v) is 7.59. The Labute approximate surface area is 263 Å². The molecule has 0 bridgehead atoms. The Morgan fingerprint density at radius 1 is 0.705 bits per heavy atom. The molecule has 0 fully saturated rings. The summed E-state index contributed by atoms with van der Waals surface area (Å²) in [5, 5.41) is 17.3. The van der Waals surface area contributed by atoms with Crippen molar-refractivity contribution >= 4 is 29.6 Å². The Hall–Kier alpha value is -3.43. The highest BCUT2D eigenvalue weighted by molar-refractivity contribution is 5.94. The Morgan fingerprint density at radius 2 is 1.23 bits per heavy atom. The predicted molar refractivity (Wildman–Crippen MR) is 173 cm³/mol. The third kappa shape index (κ3) is 18.3. The molecule has 0 aliphatic rings. The quantitative estimate of drug-likeness (QED) is 0.0991. The van der Waals surface area contributed by atoms with Crippen LogP contribution in [0, 0.1) is 5.92 Å². The first kappa shape index (κ1) is 38.6. The summed E-state index contributed by atoms with van der Waals surface area (Å²) in [5.74, 6) is -3.26. The number of carbonyl (C=O) groups is 5. The zero-order chi connectivity index (χ0) is 32.7. The number of primary amides is 1. The molecule has 0 radical (unpaired) electrons.